The number of hydrogen-bond donors (Lipinski definition) is 7. The molecule has 0 radical (unpaired) electrons. The fourth-order valence-corrected chi connectivity index (χ4v) is 1.88. The average Bonchev–Trinajstić information content (AvgIpc) is 2.52. The number of carbonyl (C=O) groups excluding carboxylic acids is 2. The molecular weight excluding hydrogens is 316 g/mol. The quantitative estimate of drug-likeness (QED) is 0.132. The second-order valence-corrected chi connectivity index (χ2v) is 5.58. The first kappa shape index (κ1) is 21.6. The summed E-state index contributed by atoms with van der Waals surface area (Å²) in [5.41, 5.74) is 10.8. The molecule has 3 atom stereocenters. The van der Waals surface area contributed by atoms with Crippen LogP contribution in [0.4, 0.5) is 0 Å². The zero-order chi connectivity index (χ0) is 18.7. The van der Waals surface area contributed by atoms with Crippen LogP contribution in [0.5, 0.6) is 0 Å². The molecule has 10 nitrogen and oxygen atoms in total. The fraction of sp³-hybridized carbons (Fsp3) is 0.714. The molecule has 0 spiro atoms. The smallest absolute Gasteiger partial charge is 0.326 e. The first-order valence-electron chi connectivity index (χ1n) is 7.82. The van der Waals surface area contributed by atoms with E-state index in [0.29, 0.717) is 25.8 Å². The van der Waals surface area contributed by atoms with Gasteiger partial charge in [0.25, 0.3) is 0 Å². The topological polar surface area (TPSA) is 183 Å². The second-order valence-electron chi connectivity index (χ2n) is 5.58. The van der Waals surface area contributed by atoms with Gasteiger partial charge >= 0.3 is 5.97 Å². The van der Waals surface area contributed by atoms with E-state index < -0.39 is 29.9 Å². The largest absolute Gasteiger partial charge is 0.480 e. The molecular formula is C14H28N6O4. The van der Waals surface area contributed by atoms with Crippen LogP contribution in [-0.4, -0.2) is 54.0 Å². The number of carbonyl (C=O) groups is 3. The highest BCUT2D eigenvalue weighted by Gasteiger charge is 2.25. The van der Waals surface area contributed by atoms with E-state index in [1.165, 1.54) is 0 Å². The molecule has 0 aliphatic carbocycles. The maximum absolute atomic E-state index is 11.8. The lowest BCUT2D eigenvalue weighted by molar-refractivity contribution is -0.143. The maximum Gasteiger partial charge on any atom is 0.326 e. The third kappa shape index (κ3) is 8.93. The minimum atomic E-state index is -1.11. The third-order valence-electron chi connectivity index (χ3n) is 3.56. The first-order valence-corrected chi connectivity index (χ1v) is 7.82. The SMILES string of the molecule is CC[C@H](C)[C@H](NC(=O)CNC(=O)[C@@H](N)CCCNC(=N)N)C(=O)O. The van der Waals surface area contributed by atoms with Crippen molar-refractivity contribution < 1.29 is 19.5 Å². The van der Waals surface area contributed by atoms with Crippen molar-refractivity contribution >= 4 is 23.7 Å². The Morgan fingerprint density at radius 3 is 2.38 bits per heavy atom. The number of hydrogen-bond acceptors (Lipinski definition) is 5. The number of nitrogens with two attached hydrogens (primary N) is 2. The van der Waals surface area contributed by atoms with Crippen LogP contribution >= 0.6 is 0 Å². The van der Waals surface area contributed by atoms with Crippen LogP contribution in [0.1, 0.15) is 33.1 Å². The van der Waals surface area contributed by atoms with Crippen molar-refractivity contribution in [2.75, 3.05) is 13.1 Å². The summed E-state index contributed by atoms with van der Waals surface area (Å²) in [6.45, 7) is 3.64. The van der Waals surface area contributed by atoms with Crippen LogP contribution in [0.3, 0.4) is 0 Å². The Morgan fingerprint density at radius 2 is 1.88 bits per heavy atom. The van der Waals surface area contributed by atoms with Gasteiger partial charge in [-0.05, 0) is 18.8 Å². The van der Waals surface area contributed by atoms with Crippen LogP contribution in [0.15, 0.2) is 0 Å². The van der Waals surface area contributed by atoms with Crippen molar-refractivity contribution in [2.45, 2.75) is 45.2 Å². The van der Waals surface area contributed by atoms with E-state index >= 15 is 0 Å². The van der Waals surface area contributed by atoms with Gasteiger partial charge in [-0.1, -0.05) is 20.3 Å². The molecule has 0 rings (SSSR count). The minimum Gasteiger partial charge on any atom is -0.480 e. The molecule has 0 aliphatic rings. The van der Waals surface area contributed by atoms with Crippen molar-refractivity contribution in [3.8, 4) is 0 Å². The highest BCUT2D eigenvalue weighted by molar-refractivity contribution is 5.89. The maximum atomic E-state index is 11.8. The van der Waals surface area contributed by atoms with Crippen LogP contribution in [0.2, 0.25) is 0 Å². The number of rotatable bonds is 11. The van der Waals surface area contributed by atoms with Gasteiger partial charge < -0.3 is 32.5 Å². The molecule has 0 aromatic rings. The zero-order valence-corrected chi connectivity index (χ0v) is 14.1. The van der Waals surface area contributed by atoms with E-state index in [2.05, 4.69) is 16.0 Å². The predicted molar refractivity (Wildman–Crippen MR) is 89.2 cm³/mol. The Hall–Kier alpha value is -2.36. The number of guanidine groups is 1. The lowest BCUT2D eigenvalue weighted by atomic mass is 9.99. The molecule has 0 aromatic heterocycles. The van der Waals surface area contributed by atoms with Gasteiger partial charge in [0, 0.05) is 6.54 Å². The summed E-state index contributed by atoms with van der Waals surface area (Å²) >= 11 is 0. The molecule has 24 heavy (non-hydrogen) atoms. The summed E-state index contributed by atoms with van der Waals surface area (Å²) in [6, 6.07) is -1.79. The Bertz CT molecular complexity index is 457. The summed E-state index contributed by atoms with van der Waals surface area (Å²) in [7, 11) is 0. The Kier molecular flexibility index (Phi) is 10.1. The monoisotopic (exact) mass is 344 g/mol. The molecule has 0 fully saturated rings. The van der Waals surface area contributed by atoms with Gasteiger partial charge in [-0.2, -0.15) is 0 Å². The Balaban J connectivity index is 4.17. The molecule has 0 saturated carbocycles. The van der Waals surface area contributed by atoms with Crippen LogP contribution in [0, 0.1) is 11.3 Å². The molecule has 0 heterocycles. The molecule has 0 aromatic carbocycles. The summed E-state index contributed by atoms with van der Waals surface area (Å²) in [5.74, 6) is -2.57. The van der Waals surface area contributed by atoms with Crippen molar-refractivity contribution in [1.29, 1.82) is 5.41 Å². The molecule has 2 amide bonds. The van der Waals surface area contributed by atoms with E-state index in [0.717, 1.165) is 0 Å². The molecule has 0 bridgehead atoms. The zero-order valence-electron chi connectivity index (χ0n) is 14.1. The lowest BCUT2D eigenvalue weighted by Crippen LogP contribution is -2.50. The lowest BCUT2D eigenvalue weighted by Gasteiger charge is -2.20. The van der Waals surface area contributed by atoms with Gasteiger partial charge in [0.1, 0.15) is 6.04 Å². The summed E-state index contributed by atoms with van der Waals surface area (Å²) < 4.78 is 0. The van der Waals surface area contributed by atoms with E-state index in [4.69, 9.17) is 22.0 Å². The Labute approximate surface area is 141 Å². The summed E-state index contributed by atoms with van der Waals surface area (Å²) in [5, 5.41) is 23.4. The van der Waals surface area contributed by atoms with Gasteiger partial charge in [-0.3, -0.25) is 15.0 Å². The second kappa shape index (κ2) is 11.2. The molecule has 9 N–H and O–H groups in total. The van der Waals surface area contributed by atoms with E-state index in [1.54, 1.807) is 6.92 Å². The summed E-state index contributed by atoms with van der Waals surface area (Å²) in [6.07, 6.45) is 1.50. The first-order chi connectivity index (χ1) is 11.2. The average molecular weight is 344 g/mol. The van der Waals surface area contributed by atoms with Crippen molar-refractivity contribution in [3.63, 3.8) is 0 Å². The normalized spacial score (nSPS) is 14.1. The highest BCUT2D eigenvalue weighted by atomic mass is 16.4. The third-order valence-corrected chi connectivity index (χ3v) is 3.56. The van der Waals surface area contributed by atoms with E-state index in [1.807, 2.05) is 6.92 Å². The van der Waals surface area contributed by atoms with E-state index in [-0.39, 0.29) is 18.4 Å². The van der Waals surface area contributed by atoms with Gasteiger partial charge in [0.2, 0.25) is 11.8 Å². The molecule has 0 saturated heterocycles. The predicted octanol–water partition coefficient (Wildman–Crippen LogP) is -1.69. The van der Waals surface area contributed by atoms with Crippen molar-refractivity contribution in [3.05, 3.63) is 0 Å². The van der Waals surface area contributed by atoms with E-state index in [9.17, 15) is 14.4 Å². The van der Waals surface area contributed by atoms with Gasteiger partial charge in [-0.25, -0.2) is 4.79 Å². The number of amides is 2. The molecule has 10 heteroatoms. The standard InChI is InChI=1S/C14H28N6O4/c1-3-8(2)11(13(23)24)20-10(21)7-19-12(22)9(15)5-4-6-18-14(16)17/h8-9,11H,3-7,15H2,1-2H3,(H,19,22)(H,20,21)(H,23,24)(H4,16,17,18)/t8-,9-,11-/m0/s1. The van der Waals surface area contributed by atoms with Crippen molar-refractivity contribution in [1.82, 2.24) is 16.0 Å². The van der Waals surface area contributed by atoms with Crippen LogP contribution in [-0.2, 0) is 14.4 Å². The fourth-order valence-electron chi connectivity index (χ4n) is 1.88. The van der Waals surface area contributed by atoms with Crippen molar-refractivity contribution in [2.24, 2.45) is 17.4 Å². The van der Waals surface area contributed by atoms with Gasteiger partial charge in [-0.15, -0.1) is 0 Å². The number of aliphatic carboxylic acids is 1. The van der Waals surface area contributed by atoms with Crippen LogP contribution in [0.25, 0.3) is 0 Å². The highest BCUT2D eigenvalue weighted by Crippen LogP contribution is 2.07. The minimum absolute atomic E-state index is 0.154. The summed E-state index contributed by atoms with van der Waals surface area (Å²) in [4.78, 5) is 34.7. The molecule has 0 aliphatic heterocycles. The molecule has 0 unspecified atom stereocenters. The van der Waals surface area contributed by atoms with Gasteiger partial charge in [0.15, 0.2) is 5.96 Å². The Morgan fingerprint density at radius 1 is 1.25 bits per heavy atom. The number of nitrogens with one attached hydrogen (secondary N) is 4. The van der Waals surface area contributed by atoms with Gasteiger partial charge in [0.05, 0.1) is 12.6 Å². The molecule has 138 valence electrons. The number of carboxylic acids is 1. The van der Waals surface area contributed by atoms with Crippen LogP contribution < -0.4 is 27.4 Å². The number of carboxylic acid groups (broad SMARTS) is 1.